The van der Waals surface area contributed by atoms with E-state index in [1.807, 2.05) is 0 Å². The first-order chi connectivity index (χ1) is 8.69. The Balaban J connectivity index is 2.19. The Bertz CT molecular complexity index is 470. The van der Waals surface area contributed by atoms with Crippen molar-refractivity contribution in [3.8, 4) is 0 Å². The second-order valence-electron chi connectivity index (χ2n) is 4.61. The minimum atomic E-state index is -1.86. The van der Waals surface area contributed by atoms with Crippen LogP contribution in [0.2, 0.25) is 0 Å². The molecular weight excluding hydrogens is 401 g/mol. The van der Waals surface area contributed by atoms with Crippen LogP contribution in [-0.4, -0.2) is 31.5 Å². The third-order valence-corrected chi connectivity index (χ3v) is 8.95. The number of alkyl halides is 4. The van der Waals surface area contributed by atoms with Crippen molar-refractivity contribution in [3.05, 3.63) is 10.1 Å². The zero-order valence-electron chi connectivity index (χ0n) is 8.97. The summed E-state index contributed by atoms with van der Waals surface area (Å²) in [6.45, 7) is 0.0215. The van der Waals surface area contributed by atoms with Crippen LogP contribution >= 0.6 is 69.6 Å². The third kappa shape index (κ3) is 1.59. The standard InChI is InChI=1S/C9H6Cl6O3S/c10-5-6(11)8(13)4-2-18-19(16)17-1-3(4)7(5,12)9(8,14)15/h3-4H,1-2H2/t3-,4+,7+,8-,19?. The van der Waals surface area contributed by atoms with Gasteiger partial charge in [-0.05, 0) is 0 Å². The molecule has 10 heteroatoms. The quantitative estimate of drug-likeness (QED) is 0.575. The smallest absolute Gasteiger partial charge is 0.268 e. The van der Waals surface area contributed by atoms with Crippen molar-refractivity contribution in [2.75, 3.05) is 13.2 Å². The lowest BCUT2D eigenvalue weighted by Crippen LogP contribution is -2.45. The van der Waals surface area contributed by atoms with Crippen LogP contribution < -0.4 is 0 Å². The van der Waals surface area contributed by atoms with Crippen LogP contribution in [0.25, 0.3) is 0 Å². The fraction of sp³-hybridized carbons (Fsp3) is 0.778. The molecule has 0 spiro atoms. The highest BCUT2D eigenvalue weighted by molar-refractivity contribution is 7.75. The first-order valence-corrected chi connectivity index (χ1v) is 8.46. The van der Waals surface area contributed by atoms with Gasteiger partial charge in [0.2, 0.25) is 0 Å². The second-order valence-corrected chi connectivity index (χ2v) is 8.77. The van der Waals surface area contributed by atoms with Gasteiger partial charge in [-0.3, -0.25) is 8.37 Å². The summed E-state index contributed by atoms with van der Waals surface area (Å²) >= 11 is 36.4. The van der Waals surface area contributed by atoms with E-state index in [2.05, 4.69) is 0 Å². The van der Waals surface area contributed by atoms with Crippen LogP contribution in [0.3, 0.4) is 0 Å². The molecule has 2 fully saturated rings. The summed E-state index contributed by atoms with van der Waals surface area (Å²) in [5, 5.41) is 0.210. The van der Waals surface area contributed by atoms with Gasteiger partial charge in [0.05, 0.1) is 23.3 Å². The molecule has 1 unspecified atom stereocenters. The van der Waals surface area contributed by atoms with Crippen molar-refractivity contribution in [1.29, 1.82) is 0 Å². The van der Waals surface area contributed by atoms with E-state index in [0.29, 0.717) is 0 Å². The number of fused-ring (bicyclic) bond motifs is 5. The molecule has 108 valence electrons. The van der Waals surface area contributed by atoms with E-state index < -0.39 is 37.3 Å². The average Bonchev–Trinajstić information content (AvgIpc) is 2.54. The molecule has 5 atom stereocenters. The summed E-state index contributed by atoms with van der Waals surface area (Å²) in [6, 6.07) is 0. The number of hydrogen-bond donors (Lipinski definition) is 0. The fourth-order valence-corrected chi connectivity index (χ4v) is 6.60. The van der Waals surface area contributed by atoms with Gasteiger partial charge < -0.3 is 0 Å². The van der Waals surface area contributed by atoms with E-state index in [1.54, 1.807) is 0 Å². The van der Waals surface area contributed by atoms with Gasteiger partial charge >= 0.3 is 11.4 Å². The van der Waals surface area contributed by atoms with Crippen LogP contribution in [0.5, 0.6) is 0 Å². The zero-order valence-corrected chi connectivity index (χ0v) is 14.3. The maximum absolute atomic E-state index is 11.3. The SMILES string of the molecule is O=S1OC[C@@H]2[C@H](CO1)[C@@]1(Cl)C(Cl)=C(Cl)[C@]2(Cl)C1(Cl)Cl. The number of halogens is 6. The molecule has 2 bridgehead atoms. The van der Waals surface area contributed by atoms with Crippen molar-refractivity contribution in [1.82, 2.24) is 0 Å². The van der Waals surface area contributed by atoms with Gasteiger partial charge in [0.1, 0.15) is 9.75 Å². The van der Waals surface area contributed by atoms with E-state index >= 15 is 0 Å². The van der Waals surface area contributed by atoms with Crippen LogP contribution in [0.15, 0.2) is 10.1 Å². The number of allylic oxidation sites excluding steroid dienone is 2. The van der Waals surface area contributed by atoms with E-state index in [4.69, 9.17) is 78.0 Å². The second kappa shape index (κ2) is 4.53. The number of rotatable bonds is 0. The Morgan fingerprint density at radius 3 is 1.68 bits per heavy atom. The molecule has 1 saturated carbocycles. The molecule has 0 aromatic heterocycles. The van der Waals surface area contributed by atoms with Gasteiger partial charge in [0, 0.05) is 11.8 Å². The summed E-state index contributed by atoms with van der Waals surface area (Å²) in [7, 11) is 0. The number of hydrogen-bond acceptors (Lipinski definition) is 3. The van der Waals surface area contributed by atoms with Crippen molar-refractivity contribution in [3.63, 3.8) is 0 Å². The fourth-order valence-electron chi connectivity index (χ4n) is 2.96. The Morgan fingerprint density at radius 2 is 1.32 bits per heavy atom. The highest BCUT2D eigenvalue weighted by Gasteiger charge is 2.82. The van der Waals surface area contributed by atoms with Gasteiger partial charge in [0.15, 0.2) is 4.33 Å². The molecule has 2 aliphatic carbocycles. The Labute approximate surface area is 142 Å². The largest absolute Gasteiger partial charge is 0.304 e. The average molecular weight is 407 g/mol. The van der Waals surface area contributed by atoms with E-state index in [-0.39, 0.29) is 23.3 Å². The Kier molecular flexibility index (Phi) is 3.68. The normalized spacial score (nSPS) is 52.2. The van der Waals surface area contributed by atoms with Crippen molar-refractivity contribution in [2.24, 2.45) is 11.8 Å². The molecule has 1 saturated heterocycles. The van der Waals surface area contributed by atoms with Gasteiger partial charge in [-0.1, -0.05) is 46.4 Å². The van der Waals surface area contributed by atoms with Gasteiger partial charge in [-0.15, -0.1) is 23.2 Å². The molecule has 0 radical (unpaired) electrons. The van der Waals surface area contributed by atoms with Crippen LogP contribution in [-0.2, 0) is 19.7 Å². The summed E-state index contributed by atoms with van der Waals surface area (Å²) in [4.78, 5) is -2.78. The van der Waals surface area contributed by atoms with Gasteiger partial charge in [0.25, 0.3) is 0 Å². The first-order valence-electron chi connectivity index (χ1n) is 5.19. The molecule has 3 nitrogen and oxygen atoms in total. The molecule has 3 rings (SSSR count). The molecule has 19 heavy (non-hydrogen) atoms. The molecule has 3 aliphatic rings. The van der Waals surface area contributed by atoms with Crippen molar-refractivity contribution >= 4 is 81.0 Å². The molecule has 0 aromatic rings. The summed E-state index contributed by atoms with van der Waals surface area (Å²) in [6.07, 6.45) is 0. The van der Waals surface area contributed by atoms with E-state index in [1.165, 1.54) is 0 Å². The highest BCUT2D eigenvalue weighted by Crippen LogP contribution is 2.76. The van der Waals surface area contributed by atoms with Gasteiger partial charge in [-0.2, -0.15) is 4.21 Å². The minimum absolute atomic E-state index is 0.0107. The monoisotopic (exact) mass is 404 g/mol. The van der Waals surface area contributed by atoms with Crippen LogP contribution in [0, 0.1) is 11.8 Å². The molecule has 1 aliphatic heterocycles. The molecule has 0 amide bonds. The predicted molar refractivity (Wildman–Crippen MR) is 77.4 cm³/mol. The first kappa shape index (κ1) is 15.4. The lowest BCUT2D eigenvalue weighted by atomic mass is 9.83. The maximum atomic E-state index is 11.3. The van der Waals surface area contributed by atoms with Crippen LogP contribution in [0.1, 0.15) is 0 Å². The zero-order chi connectivity index (χ0) is 14.2. The molecule has 0 N–H and O–H groups in total. The third-order valence-electron chi connectivity index (χ3n) is 3.94. The summed E-state index contributed by atoms with van der Waals surface area (Å²) in [5.41, 5.74) is 0. The highest BCUT2D eigenvalue weighted by atomic mass is 35.5. The van der Waals surface area contributed by atoms with Crippen molar-refractivity contribution < 1.29 is 12.6 Å². The molecule has 0 aromatic carbocycles. The van der Waals surface area contributed by atoms with Crippen molar-refractivity contribution in [2.45, 2.75) is 14.1 Å². The summed E-state index contributed by atoms with van der Waals surface area (Å²) < 4.78 is 19.7. The minimum Gasteiger partial charge on any atom is -0.268 e. The van der Waals surface area contributed by atoms with E-state index in [0.717, 1.165) is 0 Å². The topological polar surface area (TPSA) is 35.5 Å². The lowest BCUT2D eigenvalue weighted by molar-refractivity contribution is 0.207. The van der Waals surface area contributed by atoms with Crippen LogP contribution in [0.4, 0.5) is 0 Å². The lowest BCUT2D eigenvalue weighted by Gasteiger charge is -2.33. The Morgan fingerprint density at radius 1 is 0.947 bits per heavy atom. The molecule has 1 heterocycles. The van der Waals surface area contributed by atoms with Gasteiger partial charge in [-0.25, -0.2) is 0 Å². The molecular formula is C9H6Cl6O3S. The Hall–Kier alpha value is 1.55. The van der Waals surface area contributed by atoms with E-state index in [9.17, 15) is 4.21 Å². The summed E-state index contributed by atoms with van der Waals surface area (Å²) in [5.74, 6) is -0.911. The maximum Gasteiger partial charge on any atom is 0.304 e. The predicted octanol–water partition coefficient (Wildman–Crippen LogP) is 3.69.